The fourth-order valence-electron chi connectivity index (χ4n) is 3.46. The largest absolute Gasteiger partial charge is 0.335 e. The van der Waals surface area contributed by atoms with Gasteiger partial charge in [0.2, 0.25) is 11.8 Å². The first-order valence-corrected chi connectivity index (χ1v) is 9.06. The van der Waals surface area contributed by atoms with Crippen molar-refractivity contribution in [3.8, 4) is 0 Å². The van der Waals surface area contributed by atoms with Gasteiger partial charge < -0.3 is 4.90 Å². The SMILES string of the molecule is CCCCN1C(=O)CCC(C(=O)n2ccnc2)C1c1ccc(Cl)cc1. The molecule has 1 aromatic carbocycles. The number of carbonyl (C=O) groups is 2. The summed E-state index contributed by atoms with van der Waals surface area (Å²) < 4.78 is 1.52. The molecule has 5 nitrogen and oxygen atoms in total. The minimum Gasteiger partial charge on any atom is -0.335 e. The molecule has 2 aromatic rings. The molecule has 0 aliphatic carbocycles. The molecule has 2 heterocycles. The van der Waals surface area contributed by atoms with Crippen LogP contribution in [0.1, 0.15) is 49.0 Å². The maximum atomic E-state index is 13.0. The number of aromatic nitrogens is 2. The monoisotopic (exact) mass is 359 g/mol. The summed E-state index contributed by atoms with van der Waals surface area (Å²) >= 11 is 6.02. The Bertz CT molecular complexity index is 728. The third-order valence-electron chi connectivity index (χ3n) is 4.75. The van der Waals surface area contributed by atoms with Crippen LogP contribution in [0.4, 0.5) is 0 Å². The summed E-state index contributed by atoms with van der Waals surface area (Å²) in [4.78, 5) is 31.4. The molecular formula is C19H22ClN3O2. The van der Waals surface area contributed by atoms with Gasteiger partial charge in [0, 0.05) is 30.4 Å². The average Bonchev–Trinajstić information content (AvgIpc) is 3.15. The Morgan fingerprint density at radius 1 is 1.32 bits per heavy atom. The number of rotatable bonds is 5. The van der Waals surface area contributed by atoms with Gasteiger partial charge in [-0.25, -0.2) is 4.98 Å². The van der Waals surface area contributed by atoms with E-state index < -0.39 is 0 Å². The van der Waals surface area contributed by atoms with Gasteiger partial charge in [0.15, 0.2) is 0 Å². The zero-order valence-corrected chi connectivity index (χ0v) is 15.0. The first-order chi connectivity index (χ1) is 12.1. The first-order valence-electron chi connectivity index (χ1n) is 8.69. The third-order valence-corrected chi connectivity index (χ3v) is 5.00. The third kappa shape index (κ3) is 3.76. The van der Waals surface area contributed by atoms with Crippen molar-refractivity contribution in [3.63, 3.8) is 0 Å². The summed E-state index contributed by atoms with van der Waals surface area (Å²) in [6, 6.07) is 7.19. The number of nitrogens with zero attached hydrogens (tertiary/aromatic N) is 3. The smallest absolute Gasteiger partial charge is 0.237 e. The summed E-state index contributed by atoms with van der Waals surface area (Å²) in [5.41, 5.74) is 0.951. The van der Waals surface area contributed by atoms with E-state index >= 15 is 0 Å². The first kappa shape index (κ1) is 17.7. The summed E-state index contributed by atoms with van der Waals surface area (Å²) in [5.74, 6) is -0.195. The molecule has 0 radical (unpaired) electrons. The predicted octanol–water partition coefficient (Wildman–Crippen LogP) is 3.96. The molecule has 1 aromatic heterocycles. The minimum absolute atomic E-state index is 0.0218. The molecule has 1 aliphatic rings. The molecule has 1 aliphatic heterocycles. The number of hydrogen-bond acceptors (Lipinski definition) is 3. The Labute approximate surface area is 152 Å². The van der Waals surface area contributed by atoms with E-state index in [1.165, 1.54) is 10.9 Å². The molecule has 0 saturated carbocycles. The van der Waals surface area contributed by atoms with E-state index in [0.717, 1.165) is 18.4 Å². The van der Waals surface area contributed by atoms with Gasteiger partial charge in [0.1, 0.15) is 6.33 Å². The molecule has 1 fully saturated rings. The number of likely N-dealkylation sites (tertiary alicyclic amines) is 1. The van der Waals surface area contributed by atoms with Crippen LogP contribution in [-0.2, 0) is 4.79 Å². The number of piperidine rings is 1. The predicted molar refractivity (Wildman–Crippen MR) is 96.4 cm³/mol. The molecule has 2 unspecified atom stereocenters. The molecule has 0 bridgehead atoms. The summed E-state index contributed by atoms with van der Waals surface area (Å²) in [6.07, 6.45) is 7.64. The van der Waals surface area contributed by atoms with Crippen molar-refractivity contribution < 1.29 is 9.59 Å². The minimum atomic E-state index is -0.287. The zero-order chi connectivity index (χ0) is 17.8. The van der Waals surface area contributed by atoms with Crippen LogP contribution in [0.3, 0.4) is 0 Å². The number of imidazole rings is 1. The van der Waals surface area contributed by atoms with Crippen molar-refractivity contribution in [2.24, 2.45) is 5.92 Å². The van der Waals surface area contributed by atoms with Crippen LogP contribution in [0.5, 0.6) is 0 Å². The van der Waals surface area contributed by atoms with Gasteiger partial charge in [-0.1, -0.05) is 37.1 Å². The average molecular weight is 360 g/mol. The molecule has 1 amide bonds. The Balaban J connectivity index is 1.98. The van der Waals surface area contributed by atoms with E-state index in [0.29, 0.717) is 24.4 Å². The fraction of sp³-hybridized carbons (Fsp3) is 0.421. The van der Waals surface area contributed by atoms with Crippen LogP contribution in [0.15, 0.2) is 43.0 Å². The molecule has 0 spiro atoms. The molecule has 1 saturated heterocycles. The fourth-order valence-corrected chi connectivity index (χ4v) is 3.58. The number of unbranched alkanes of at least 4 members (excludes halogenated alkanes) is 1. The second kappa shape index (κ2) is 7.83. The van der Waals surface area contributed by atoms with Crippen LogP contribution in [0.2, 0.25) is 5.02 Å². The second-order valence-corrected chi connectivity index (χ2v) is 6.83. The highest BCUT2D eigenvalue weighted by Gasteiger charge is 2.40. The van der Waals surface area contributed by atoms with Crippen LogP contribution >= 0.6 is 11.6 Å². The molecular weight excluding hydrogens is 338 g/mol. The lowest BCUT2D eigenvalue weighted by molar-refractivity contribution is -0.138. The molecule has 3 rings (SSSR count). The number of carbonyl (C=O) groups excluding carboxylic acids is 2. The Morgan fingerprint density at radius 3 is 2.72 bits per heavy atom. The van der Waals surface area contributed by atoms with E-state index in [2.05, 4.69) is 11.9 Å². The van der Waals surface area contributed by atoms with Crippen molar-refractivity contribution in [1.82, 2.24) is 14.5 Å². The van der Waals surface area contributed by atoms with E-state index in [9.17, 15) is 9.59 Å². The maximum Gasteiger partial charge on any atom is 0.237 e. The van der Waals surface area contributed by atoms with E-state index in [4.69, 9.17) is 11.6 Å². The molecule has 25 heavy (non-hydrogen) atoms. The van der Waals surface area contributed by atoms with Gasteiger partial charge in [-0.15, -0.1) is 0 Å². The van der Waals surface area contributed by atoms with E-state index in [-0.39, 0.29) is 23.8 Å². The van der Waals surface area contributed by atoms with E-state index in [1.807, 2.05) is 29.2 Å². The quantitative estimate of drug-likeness (QED) is 0.812. The van der Waals surface area contributed by atoms with Crippen molar-refractivity contribution in [1.29, 1.82) is 0 Å². The molecule has 2 atom stereocenters. The van der Waals surface area contributed by atoms with Gasteiger partial charge in [-0.2, -0.15) is 0 Å². The highest BCUT2D eigenvalue weighted by Crippen LogP contribution is 2.38. The maximum absolute atomic E-state index is 13.0. The zero-order valence-electron chi connectivity index (χ0n) is 14.3. The number of halogens is 1. The Hall–Kier alpha value is -2.14. The van der Waals surface area contributed by atoms with Crippen LogP contribution in [0.25, 0.3) is 0 Å². The lowest BCUT2D eigenvalue weighted by Gasteiger charge is -2.41. The molecule has 132 valence electrons. The van der Waals surface area contributed by atoms with Crippen molar-refractivity contribution in [3.05, 3.63) is 53.6 Å². The Kier molecular flexibility index (Phi) is 5.53. The Morgan fingerprint density at radius 2 is 2.08 bits per heavy atom. The summed E-state index contributed by atoms with van der Waals surface area (Å²) in [7, 11) is 0. The highest BCUT2D eigenvalue weighted by atomic mass is 35.5. The normalized spacial score (nSPS) is 20.7. The standard InChI is InChI=1S/C19H22ClN3O2/c1-2-3-11-23-17(24)9-8-16(19(25)22-12-10-21-13-22)18(23)14-4-6-15(20)7-5-14/h4-7,10,12-13,16,18H,2-3,8-9,11H2,1H3. The summed E-state index contributed by atoms with van der Waals surface area (Å²) in [6.45, 7) is 2.76. The number of hydrogen-bond donors (Lipinski definition) is 0. The topological polar surface area (TPSA) is 55.2 Å². The van der Waals surface area contributed by atoms with Crippen LogP contribution < -0.4 is 0 Å². The van der Waals surface area contributed by atoms with Crippen molar-refractivity contribution in [2.75, 3.05) is 6.54 Å². The second-order valence-electron chi connectivity index (χ2n) is 6.39. The van der Waals surface area contributed by atoms with Crippen LogP contribution in [-0.4, -0.2) is 32.8 Å². The number of amides is 1. The van der Waals surface area contributed by atoms with Gasteiger partial charge in [-0.05, 0) is 30.5 Å². The number of benzene rings is 1. The van der Waals surface area contributed by atoms with Crippen molar-refractivity contribution >= 4 is 23.4 Å². The molecule has 0 N–H and O–H groups in total. The lowest BCUT2D eigenvalue weighted by atomic mass is 9.83. The highest BCUT2D eigenvalue weighted by molar-refractivity contribution is 6.30. The van der Waals surface area contributed by atoms with Gasteiger partial charge in [0.05, 0.1) is 12.0 Å². The molecule has 6 heteroatoms. The van der Waals surface area contributed by atoms with Gasteiger partial charge in [0.25, 0.3) is 0 Å². The summed E-state index contributed by atoms with van der Waals surface area (Å²) in [5, 5.41) is 0.642. The van der Waals surface area contributed by atoms with E-state index in [1.54, 1.807) is 12.4 Å². The van der Waals surface area contributed by atoms with Gasteiger partial charge in [-0.3, -0.25) is 14.2 Å². The van der Waals surface area contributed by atoms with Crippen LogP contribution in [0, 0.1) is 5.92 Å². The van der Waals surface area contributed by atoms with Gasteiger partial charge >= 0.3 is 0 Å². The lowest BCUT2D eigenvalue weighted by Crippen LogP contribution is -2.46. The van der Waals surface area contributed by atoms with Crippen molar-refractivity contribution in [2.45, 2.75) is 38.6 Å².